The Labute approximate surface area is 120 Å². The summed E-state index contributed by atoms with van der Waals surface area (Å²) in [6.07, 6.45) is 1.70. The molecule has 20 heavy (non-hydrogen) atoms. The van der Waals surface area contributed by atoms with Crippen LogP contribution in [0.3, 0.4) is 0 Å². The highest BCUT2D eigenvalue weighted by atomic mass is 15.3. The van der Waals surface area contributed by atoms with Crippen LogP contribution in [-0.2, 0) is 0 Å². The number of nitrogens with zero attached hydrogens (tertiary/aromatic N) is 4. The van der Waals surface area contributed by atoms with Gasteiger partial charge in [0, 0.05) is 18.8 Å². The lowest BCUT2D eigenvalue weighted by Crippen LogP contribution is -2.23. The zero-order valence-corrected chi connectivity index (χ0v) is 12.5. The topological polar surface area (TPSA) is 53.9 Å². The van der Waals surface area contributed by atoms with Gasteiger partial charge in [0.2, 0.25) is 5.95 Å². The van der Waals surface area contributed by atoms with E-state index in [2.05, 4.69) is 71.3 Å². The van der Waals surface area contributed by atoms with Crippen LogP contribution in [0.1, 0.15) is 25.0 Å². The van der Waals surface area contributed by atoms with E-state index in [1.165, 1.54) is 5.56 Å². The highest BCUT2D eigenvalue weighted by molar-refractivity contribution is 5.59. The summed E-state index contributed by atoms with van der Waals surface area (Å²) < 4.78 is 0. The van der Waals surface area contributed by atoms with Crippen LogP contribution in [0.15, 0.2) is 24.4 Å². The molecule has 1 N–H and O–H groups in total. The second-order valence-electron chi connectivity index (χ2n) is 4.75. The average Bonchev–Trinajstić information content (AvgIpc) is 2.45. The van der Waals surface area contributed by atoms with Crippen LogP contribution in [0, 0.1) is 13.8 Å². The summed E-state index contributed by atoms with van der Waals surface area (Å²) >= 11 is 0. The molecule has 0 unspecified atom stereocenters. The zero-order chi connectivity index (χ0) is 14.5. The van der Waals surface area contributed by atoms with Gasteiger partial charge >= 0.3 is 0 Å². The molecule has 0 bridgehead atoms. The van der Waals surface area contributed by atoms with E-state index in [0.29, 0.717) is 5.95 Å². The van der Waals surface area contributed by atoms with Crippen molar-refractivity contribution in [1.29, 1.82) is 0 Å². The Balaban J connectivity index is 2.25. The van der Waals surface area contributed by atoms with Gasteiger partial charge in [-0.25, -0.2) is 0 Å². The minimum atomic E-state index is 0.531. The van der Waals surface area contributed by atoms with Crippen LogP contribution >= 0.6 is 0 Å². The van der Waals surface area contributed by atoms with Crippen LogP contribution < -0.4 is 10.2 Å². The maximum atomic E-state index is 4.52. The number of benzene rings is 1. The van der Waals surface area contributed by atoms with Crippen molar-refractivity contribution in [1.82, 2.24) is 15.2 Å². The van der Waals surface area contributed by atoms with Crippen molar-refractivity contribution in [2.24, 2.45) is 0 Å². The molecule has 0 saturated heterocycles. The third-order valence-electron chi connectivity index (χ3n) is 3.27. The smallest absolute Gasteiger partial charge is 0.249 e. The molecule has 2 rings (SSSR count). The minimum Gasteiger partial charge on any atom is -0.356 e. The largest absolute Gasteiger partial charge is 0.356 e. The molecule has 0 saturated carbocycles. The van der Waals surface area contributed by atoms with Crippen LogP contribution in [-0.4, -0.2) is 28.3 Å². The average molecular weight is 271 g/mol. The van der Waals surface area contributed by atoms with Gasteiger partial charge in [0.1, 0.15) is 0 Å². The molecule has 0 aliphatic heterocycles. The van der Waals surface area contributed by atoms with E-state index in [1.807, 2.05) is 0 Å². The fourth-order valence-corrected chi connectivity index (χ4v) is 2.04. The number of aromatic nitrogens is 3. The van der Waals surface area contributed by atoms with Crippen molar-refractivity contribution in [2.75, 3.05) is 23.3 Å². The van der Waals surface area contributed by atoms with E-state index in [4.69, 9.17) is 0 Å². The number of nitrogens with one attached hydrogen (secondary N) is 1. The van der Waals surface area contributed by atoms with Gasteiger partial charge in [-0.2, -0.15) is 10.1 Å². The first-order valence-corrected chi connectivity index (χ1v) is 6.93. The van der Waals surface area contributed by atoms with Gasteiger partial charge in [0.05, 0.1) is 6.20 Å². The number of aryl methyl sites for hydroxylation is 2. The van der Waals surface area contributed by atoms with E-state index in [9.17, 15) is 0 Å². The van der Waals surface area contributed by atoms with Gasteiger partial charge in [0.25, 0.3) is 0 Å². The molecule has 1 aromatic carbocycles. The molecule has 5 heteroatoms. The van der Waals surface area contributed by atoms with Crippen LogP contribution in [0.4, 0.5) is 17.5 Å². The Morgan fingerprint density at radius 1 is 1.15 bits per heavy atom. The summed E-state index contributed by atoms with van der Waals surface area (Å²) in [6.45, 7) is 10.1. The summed E-state index contributed by atoms with van der Waals surface area (Å²) in [6, 6.07) is 6.26. The van der Waals surface area contributed by atoms with Crippen molar-refractivity contribution in [3.63, 3.8) is 0 Å². The van der Waals surface area contributed by atoms with Gasteiger partial charge in [-0.05, 0) is 44.9 Å². The molecule has 0 radical (unpaired) electrons. The lowest BCUT2D eigenvalue weighted by Gasteiger charge is -2.19. The standard InChI is InChI=1S/C15H21N5/c1-5-20(6-2)14-10-16-19-15(18-14)17-13-9-11(3)7-8-12(13)4/h7-10H,5-6H2,1-4H3,(H,17,18,19). The molecule has 0 aliphatic carbocycles. The Bertz CT molecular complexity index is 578. The maximum absolute atomic E-state index is 4.52. The van der Waals surface area contributed by atoms with Crippen LogP contribution in [0.2, 0.25) is 0 Å². The molecule has 1 aromatic heterocycles. The zero-order valence-electron chi connectivity index (χ0n) is 12.5. The fraction of sp³-hybridized carbons (Fsp3) is 0.400. The van der Waals surface area contributed by atoms with Crippen molar-refractivity contribution >= 4 is 17.5 Å². The van der Waals surface area contributed by atoms with Crippen LogP contribution in [0.25, 0.3) is 0 Å². The van der Waals surface area contributed by atoms with Gasteiger partial charge < -0.3 is 10.2 Å². The highest BCUT2D eigenvalue weighted by Crippen LogP contribution is 2.20. The first-order valence-electron chi connectivity index (χ1n) is 6.93. The van der Waals surface area contributed by atoms with Crippen molar-refractivity contribution in [3.8, 4) is 0 Å². The molecule has 0 amide bonds. The Hall–Kier alpha value is -2.17. The first kappa shape index (κ1) is 14.2. The normalized spacial score (nSPS) is 10.4. The molecule has 0 atom stereocenters. The quantitative estimate of drug-likeness (QED) is 0.905. The lowest BCUT2D eigenvalue weighted by atomic mass is 10.1. The lowest BCUT2D eigenvalue weighted by molar-refractivity contribution is 0.826. The third kappa shape index (κ3) is 3.23. The molecular weight excluding hydrogens is 250 g/mol. The number of hydrogen-bond acceptors (Lipinski definition) is 5. The molecule has 0 spiro atoms. The first-order chi connectivity index (χ1) is 9.63. The second-order valence-corrected chi connectivity index (χ2v) is 4.75. The van der Waals surface area contributed by atoms with E-state index >= 15 is 0 Å². The SMILES string of the molecule is CCN(CC)c1cnnc(Nc2cc(C)ccc2C)n1. The van der Waals surface area contributed by atoms with Crippen molar-refractivity contribution in [2.45, 2.75) is 27.7 Å². The summed E-state index contributed by atoms with van der Waals surface area (Å²) in [5, 5.41) is 11.3. The predicted molar refractivity (Wildman–Crippen MR) is 82.6 cm³/mol. The molecule has 5 nitrogen and oxygen atoms in total. The molecule has 1 heterocycles. The van der Waals surface area contributed by atoms with Gasteiger partial charge in [-0.1, -0.05) is 12.1 Å². The number of anilines is 3. The van der Waals surface area contributed by atoms with Gasteiger partial charge in [-0.3, -0.25) is 0 Å². The van der Waals surface area contributed by atoms with E-state index < -0.39 is 0 Å². The van der Waals surface area contributed by atoms with Gasteiger partial charge in [-0.15, -0.1) is 5.10 Å². The Kier molecular flexibility index (Phi) is 4.50. The molecule has 106 valence electrons. The monoisotopic (exact) mass is 271 g/mol. The van der Waals surface area contributed by atoms with E-state index in [0.717, 1.165) is 30.2 Å². The number of rotatable bonds is 5. The molecule has 0 aliphatic rings. The van der Waals surface area contributed by atoms with Crippen molar-refractivity contribution < 1.29 is 0 Å². The molecular formula is C15H21N5. The summed E-state index contributed by atoms with van der Waals surface area (Å²) in [5.74, 6) is 1.38. The number of hydrogen-bond donors (Lipinski definition) is 1. The highest BCUT2D eigenvalue weighted by Gasteiger charge is 2.07. The second kappa shape index (κ2) is 6.32. The summed E-state index contributed by atoms with van der Waals surface area (Å²) in [5.41, 5.74) is 3.38. The Morgan fingerprint density at radius 2 is 1.90 bits per heavy atom. The van der Waals surface area contributed by atoms with Gasteiger partial charge in [0.15, 0.2) is 5.82 Å². The minimum absolute atomic E-state index is 0.531. The van der Waals surface area contributed by atoms with E-state index in [-0.39, 0.29) is 0 Å². The summed E-state index contributed by atoms with van der Waals surface area (Å²) in [4.78, 5) is 6.66. The fourth-order valence-electron chi connectivity index (χ4n) is 2.04. The summed E-state index contributed by atoms with van der Waals surface area (Å²) in [7, 11) is 0. The van der Waals surface area contributed by atoms with Crippen molar-refractivity contribution in [3.05, 3.63) is 35.5 Å². The molecule has 2 aromatic rings. The molecule has 0 fully saturated rings. The maximum Gasteiger partial charge on any atom is 0.249 e. The van der Waals surface area contributed by atoms with E-state index in [1.54, 1.807) is 6.20 Å². The third-order valence-corrected chi connectivity index (χ3v) is 3.27. The predicted octanol–water partition coefficient (Wildman–Crippen LogP) is 3.08. The van der Waals surface area contributed by atoms with Crippen LogP contribution in [0.5, 0.6) is 0 Å². The Morgan fingerprint density at radius 3 is 2.60 bits per heavy atom.